The summed E-state index contributed by atoms with van der Waals surface area (Å²) in [5.74, 6) is 0.487. The zero-order valence-electron chi connectivity index (χ0n) is 11.3. The highest BCUT2D eigenvalue weighted by atomic mass is 16.5. The first-order valence-corrected chi connectivity index (χ1v) is 6.45. The molecular formula is C14H22N2O3. The van der Waals surface area contributed by atoms with E-state index < -0.39 is 6.10 Å². The Labute approximate surface area is 113 Å². The van der Waals surface area contributed by atoms with E-state index in [0.717, 1.165) is 11.3 Å². The summed E-state index contributed by atoms with van der Waals surface area (Å²) in [6, 6.07) is 7.68. The molecule has 0 fully saturated rings. The van der Waals surface area contributed by atoms with Gasteiger partial charge in [-0.3, -0.25) is 4.79 Å². The number of benzene rings is 1. The van der Waals surface area contributed by atoms with Gasteiger partial charge in [0.1, 0.15) is 18.5 Å². The lowest BCUT2D eigenvalue weighted by Crippen LogP contribution is -2.32. The molecule has 0 bridgehead atoms. The minimum absolute atomic E-state index is 0.244. The molecule has 1 aromatic rings. The van der Waals surface area contributed by atoms with Crippen molar-refractivity contribution in [2.75, 3.05) is 19.7 Å². The van der Waals surface area contributed by atoms with Gasteiger partial charge in [0.2, 0.25) is 5.91 Å². The molecule has 0 aliphatic rings. The van der Waals surface area contributed by atoms with E-state index in [4.69, 9.17) is 10.5 Å². The van der Waals surface area contributed by atoms with Crippen molar-refractivity contribution in [1.29, 1.82) is 0 Å². The van der Waals surface area contributed by atoms with Crippen molar-refractivity contribution in [3.8, 4) is 5.75 Å². The van der Waals surface area contributed by atoms with E-state index in [-0.39, 0.29) is 12.5 Å². The maximum atomic E-state index is 10.5. The summed E-state index contributed by atoms with van der Waals surface area (Å²) in [7, 11) is 0. The lowest BCUT2D eigenvalue weighted by Gasteiger charge is -2.14. The van der Waals surface area contributed by atoms with Crippen LogP contribution in [0.15, 0.2) is 24.3 Å². The SMILES string of the molecule is Cc1ccccc1OCC(O)CNCCCC(N)=O. The quantitative estimate of drug-likeness (QED) is 0.571. The van der Waals surface area contributed by atoms with Crippen molar-refractivity contribution < 1.29 is 14.6 Å². The van der Waals surface area contributed by atoms with Gasteiger partial charge < -0.3 is 20.9 Å². The number of aliphatic hydroxyl groups excluding tert-OH is 1. The van der Waals surface area contributed by atoms with Crippen LogP contribution in [-0.2, 0) is 4.79 Å². The Morgan fingerprint density at radius 3 is 2.89 bits per heavy atom. The van der Waals surface area contributed by atoms with Crippen LogP contribution >= 0.6 is 0 Å². The van der Waals surface area contributed by atoms with Crippen molar-refractivity contribution >= 4 is 5.91 Å². The Balaban J connectivity index is 2.13. The average Bonchev–Trinajstić information content (AvgIpc) is 2.37. The number of hydrogen-bond donors (Lipinski definition) is 3. The van der Waals surface area contributed by atoms with Gasteiger partial charge in [-0.15, -0.1) is 0 Å². The van der Waals surface area contributed by atoms with Gasteiger partial charge in [-0.2, -0.15) is 0 Å². The maximum Gasteiger partial charge on any atom is 0.217 e. The van der Waals surface area contributed by atoms with Gasteiger partial charge in [-0.25, -0.2) is 0 Å². The molecule has 0 saturated carbocycles. The maximum absolute atomic E-state index is 10.5. The van der Waals surface area contributed by atoms with Crippen molar-refractivity contribution in [3.05, 3.63) is 29.8 Å². The summed E-state index contributed by atoms with van der Waals surface area (Å²) in [5.41, 5.74) is 6.07. The number of ether oxygens (including phenoxy) is 1. The molecule has 0 heterocycles. The Hall–Kier alpha value is -1.59. The second kappa shape index (κ2) is 8.50. The summed E-state index contributed by atoms with van der Waals surface area (Å²) in [5, 5.41) is 12.8. The number of nitrogens with one attached hydrogen (secondary N) is 1. The highest BCUT2D eigenvalue weighted by Gasteiger charge is 2.06. The predicted molar refractivity (Wildman–Crippen MR) is 74.0 cm³/mol. The van der Waals surface area contributed by atoms with Gasteiger partial charge in [0, 0.05) is 13.0 Å². The first-order chi connectivity index (χ1) is 9.09. The Morgan fingerprint density at radius 1 is 1.47 bits per heavy atom. The topological polar surface area (TPSA) is 84.6 Å². The lowest BCUT2D eigenvalue weighted by molar-refractivity contribution is -0.118. The van der Waals surface area contributed by atoms with E-state index in [0.29, 0.717) is 25.9 Å². The van der Waals surface area contributed by atoms with Crippen LogP contribution in [0, 0.1) is 6.92 Å². The smallest absolute Gasteiger partial charge is 0.217 e. The van der Waals surface area contributed by atoms with Crippen LogP contribution in [0.25, 0.3) is 0 Å². The Morgan fingerprint density at radius 2 is 2.21 bits per heavy atom. The normalized spacial score (nSPS) is 12.1. The first kappa shape index (κ1) is 15.5. The van der Waals surface area contributed by atoms with E-state index in [1.165, 1.54) is 0 Å². The number of aryl methyl sites for hydroxylation is 1. The summed E-state index contributed by atoms with van der Waals surface area (Å²) in [6.07, 6.45) is 0.469. The molecule has 19 heavy (non-hydrogen) atoms. The monoisotopic (exact) mass is 266 g/mol. The van der Waals surface area contributed by atoms with Crippen LogP contribution in [0.5, 0.6) is 5.75 Å². The number of rotatable bonds is 9. The molecular weight excluding hydrogens is 244 g/mol. The summed E-state index contributed by atoms with van der Waals surface area (Å²) < 4.78 is 5.53. The minimum Gasteiger partial charge on any atom is -0.491 e. The van der Waals surface area contributed by atoms with E-state index >= 15 is 0 Å². The van der Waals surface area contributed by atoms with Gasteiger partial charge in [-0.1, -0.05) is 18.2 Å². The predicted octanol–water partition coefficient (Wildman–Crippen LogP) is 0.590. The van der Waals surface area contributed by atoms with Gasteiger partial charge in [-0.05, 0) is 31.5 Å². The number of hydrogen-bond acceptors (Lipinski definition) is 4. The number of amides is 1. The standard InChI is InChI=1S/C14H22N2O3/c1-11-5-2-3-6-13(11)19-10-12(17)9-16-8-4-7-14(15)18/h2-3,5-6,12,16-17H,4,7-10H2,1H3,(H2,15,18). The molecule has 1 rings (SSSR count). The van der Waals surface area contributed by atoms with Gasteiger partial charge in [0.25, 0.3) is 0 Å². The number of aliphatic hydroxyl groups is 1. The molecule has 0 spiro atoms. The Bertz CT molecular complexity index is 396. The fraction of sp³-hybridized carbons (Fsp3) is 0.500. The van der Waals surface area contributed by atoms with Crippen molar-refractivity contribution in [1.82, 2.24) is 5.32 Å². The van der Waals surface area contributed by atoms with E-state index in [2.05, 4.69) is 5.32 Å². The third kappa shape index (κ3) is 6.79. The third-order valence-corrected chi connectivity index (χ3v) is 2.68. The zero-order chi connectivity index (χ0) is 14.1. The fourth-order valence-electron chi connectivity index (χ4n) is 1.62. The van der Waals surface area contributed by atoms with Crippen molar-refractivity contribution in [2.24, 2.45) is 5.73 Å². The zero-order valence-corrected chi connectivity index (χ0v) is 11.3. The summed E-state index contributed by atoms with van der Waals surface area (Å²) >= 11 is 0. The number of para-hydroxylation sites is 1. The van der Waals surface area contributed by atoms with E-state index in [1.807, 2.05) is 31.2 Å². The van der Waals surface area contributed by atoms with E-state index in [9.17, 15) is 9.90 Å². The lowest BCUT2D eigenvalue weighted by atomic mass is 10.2. The van der Waals surface area contributed by atoms with Gasteiger partial charge >= 0.3 is 0 Å². The van der Waals surface area contributed by atoms with Crippen LogP contribution in [0.2, 0.25) is 0 Å². The first-order valence-electron chi connectivity index (χ1n) is 6.45. The highest BCUT2D eigenvalue weighted by Crippen LogP contribution is 2.16. The molecule has 106 valence electrons. The Kier molecular flexibility index (Phi) is 6.92. The van der Waals surface area contributed by atoms with Gasteiger partial charge in [0.05, 0.1) is 0 Å². The van der Waals surface area contributed by atoms with Crippen molar-refractivity contribution in [3.63, 3.8) is 0 Å². The van der Waals surface area contributed by atoms with Crippen molar-refractivity contribution in [2.45, 2.75) is 25.9 Å². The molecule has 1 amide bonds. The van der Waals surface area contributed by atoms with E-state index in [1.54, 1.807) is 0 Å². The molecule has 5 nitrogen and oxygen atoms in total. The molecule has 1 unspecified atom stereocenters. The largest absolute Gasteiger partial charge is 0.491 e. The second-order valence-corrected chi connectivity index (χ2v) is 4.50. The molecule has 0 saturated heterocycles. The number of carbonyl (C=O) groups is 1. The minimum atomic E-state index is -0.576. The van der Waals surface area contributed by atoms with Gasteiger partial charge in [0.15, 0.2) is 0 Å². The van der Waals surface area contributed by atoms with Crippen LogP contribution in [0.3, 0.4) is 0 Å². The second-order valence-electron chi connectivity index (χ2n) is 4.50. The average molecular weight is 266 g/mol. The van der Waals surface area contributed by atoms with Crippen LogP contribution in [0.1, 0.15) is 18.4 Å². The third-order valence-electron chi connectivity index (χ3n) is 2.68. The molecule has 1 aromatic carbocycles. The summed E-state index contributed by atoms with van der Waals surface area (Å²) in [6.45, 7) is 3.30. The highest BCUT2D eigenvalue weighted by molar-refractivity contribution is 5.73. The molecule has 0 radical (unpaired) electrons. The number of carbonyl (C=O) groups excluding carboxylic acids is 1. The summed E-state index contributed by atoms with van der Waals surface area (Å²) in [4.78, 5) is 10.5. The number of nitrogens with two attached hydrogens (primary N) is 1. The van der Waals surface area contributed by atoms with Crippen LogP contribution in [0.4, 0.5) is 0 Å². The molecule has 4 N–H and O–H groups in total. The molecule has 1 atom stereocenters. The number of primary amides is 1. The molecule has 5 heteroatoms. The fourth-order valence-corrected chi connectivity index (χ4v) is 1.62. The van der Waals surface area contributed by atoms with Crippen LogP contribution < -0.4 is 15.8 Å². The molecule has 0 aliphatic heterocycles. The molecule has 0 aliphatic carbocycles. The molecule has 0 aromatic heterocycles. The van der Waals surface area contributed by atoms with Crippen LogP contribution in [-0.4, -0.2) is 36.8 Å².